The Morgan fingerprint density at radius 2 is 1.94 bits per heavy atom. The van der Waals surface area contributed by atoms with E-state index in [1.165, 1.54) is 5.56 Å². The van der Waals surface area contributed by atoms with Gasteiger partial charge in [0.15, 0.2) is 0 Å². The first-order valence-corrected chi connectivity index (χ1v) is 6.08. The second-order valence-electron chi connectivity index (χ2n) is 4.60. The smallest absolute Gasteiger partial charge is 0.228 e. The van der Waals surface area contributed by atoms with Crippen molar-refractivity contribution in [1.29, 1.82) is 0 Å². The number of carbonyl (C=O) groups is 1. The number of amides is 1. The maximum atomic E-state index is 11.8. The molecular formula is C14H19NO. The molecule has 16 heavy (non-hydrogen) atoms. The van der Waals surface area contributed by atoms with Crippen LogP contribution in [0.5, 0.6) is 0 Å². The van der Waals surface area contributed by atoms with E-state index >= 15 is 0 Å². The molecule has 1 aromatic carbocycles. The predicted molar refractivity (Wildman–Crippen MR) is 64.9 cm³/mol. The van der Waals surface area contributed by atoms with Crippen LogP contribution in [0.2, 0.25) is 0 Å². The van der Waals surface area contributed by atoms with Crippen LogP contribution in [0.25, 0.3) is 0 Å². The second kappa shape index (κ2) is 4.69. The minimum absolute atomic E-state index is 0.226. The monoisotopic (exact) mass is 217 g/mol. The summed E-state index contributed by atoms with van der Waals surface area (Å²) >= 11 is 0. The van der Waals surface area contributed by atoms with Crippen LogP contribution in [0.1, 0.15) is 32.3 Å². The molecule has 86 valence electrons. The van der Waals surface area contributed by atoms with E-state index in [1.807, 2.05) is 30.0 Å². The van der Waals surface area contributed by atoms with Crippen LogP contribution in [0, 0.1) is 5.92 Å². The van der Waals surface area contributed by atoms with Crippen molar-refractivity contribution in [3.8, 4) is 0 Å². The first-order valence-electron chi connectivity index (χ1n) is 6.08. The molecule has 1 aliphatic rings. The third-order valence-electron chi connectivity index (χ3n) is 3.43. The highest BCUT2D eigenvalue weighted by atomic mass is 16.2. The highest BCUT2D eigenvalue weighted by Gasteiger charge is 2.42. The van der Waals surface area contributed by atoms with Crippen molar-refractivity contribution in [2.45, 2.75) is 39.3 Å². The molecule has 2 heteroatoms. The summed E-state index contributed by atoms with van der Waals surface area (Å²) in [5, 5.41) is 0. The van der Waals surface area contributed by atoms with E-state index in [4.69, 9.17) is 0 Å². The normalized spacial score (nSPS) is 24.4. The molecular weight excluding hydrogens is 198 g/mol. The summed E-state index contributed by atoms with van der Waals surface area (Å²) in [7, 11) is 0. The lowest BCUT2D eigenvalue weighted by Crippen LogP contribution is -2.58. The topological polar surface area (TPSA) is 20.3 Å². The second-order valence-corrected chi connectivity index (χ2v) is 4.60. The Bertz CT molecular complexity index is 360. The van der Waals surface area contributed by atoms with Crippen molar-refractivity contribution < 1.29 is 4.79 Å². The number of rotatable bonds is 4. The van der Waals surface area contributed by atoms with E-state index in [2.05, 4.69) is 19.1 Å². The Kier molecular flexibility index (Phi) is 3.28. The van der Waals surface area contributed by atoms with Crippen molar-refractivity contribution in [3.63, 3.8) is 0 Å². The SMILES string of the molecule is CCC[C@@H]1[C@H](C)C(=O)N1Cc1ccccc1. The van der Waals surface area contributed by atoms with E-state index in [-0.39, 0.29) is 5.92 Å². The molecule has 1 saturated heterocycles. The molecule has 0 aliphatic carbocycles. The van der Waals surface area contributed by atoms with E-state index in [0.29, 0.717) is 11.9 Å². The van der Waals surface area contributed by atoms with Crippen LogP contribution in [0.4, 0.5) is 0 Å². The Balaban J connectivity index is 2.01. The van der Waals surface area contributed by atoms with Crippen molar-refractivity contribution in [2.24, 2.45) is 5.92 Å². The molecule has 0 spiro atoms. The molecule has 1 aliphatic heterocycles. The summed E-state index contributed by atoms with van der Waals surface area (Å²) in [6, 6.07) is 10.7. The van der Waals surface area contributed by atoms with E-state index < -0.39 is 0 Å². The molecule has 0 radical (unpaired) electrons. The number of hydrogen-bond donors (Lipinski definition) is 0. The lowest BCUT2D eigenvalue weighted by molar-refractivity contribution is -0.156. The van der Waals surface area contributed by atoms with Crippen LogP contribution in [0.3, 0.4) is 0 Å². The maximum Gasteiger partial charge on any atom is 0.228 e. The zero-order valence-electron chi connectivity index (χ0n) is 10.0. The fraction of sp³-hybridized carbons (Fsp3) is 0.500. The zero-order chi connectivity index (χ0) is 11.5. The van der Waals surface area contributed by atoms with Gasteiger partial charge in [-0.05, 0) is 12.0 Å². The number of hydrogen-bond acceptors (Lipinski definition) is 1. The molecule has 1 heterocycles. The van der Waals surface area contributed by atoms with Gasteiger partial charge >= 0.3 is 0 Å². The summed E-state index contributed by atoms with van der Waals surface area (Å²) < 4.78 is 0. The Morgan fingerprint density at radius 3 is 2.56 bits per heavy atom. The average molecular weight is 217 g/mol. The Labute approximate surface area is 97.3 Å². The van der Waals surface area contributed by atoms with E-state index in [1.54, 1.807) is 0 Å². The van der Waals surface area contributed by atoms with Crippen molar-refractivity contribution >= 4 is 5.91 Å². The third-order valence-corrected chi connectivity index (χ3v) is 3.43. The molecule has 0 bridgehead atoms. The molecule has 2 rings (SSSR count). The van der Waals surface area contributed by atoms with E-state index in [0.717, 1.165) is 19.4 Å². The number of β-lactam (4-membered cyclic amide) rings is 1. The molecule has 0 unspecified atom stereocenters. The molecule has 0 N–H and O–H groups in total. The molecule has 2 atom stereocenters. The van der Waals surface area contributed by atoms with Gasteiger partial charge < -0.3 is 4.90 Å². The van der Waals surface area contributed by atoms with Crippen molar-refractivity contribution in [1.82, 2.24) is 4.90 Å². The molecule has 1 amide bonds. The molecule has 1 fully saturated rings. The summed E-state index contributed by atoms with van der Waals surface area (Å²) in [4.78, 5) is 13.8. The average Bonchev–Trinajstić information content (AvgIpc) is 2.34. The van der Waals surface area contributed by atoms with Gasteiger partial charge in [-0.2, -0.15) is 0 Å². The highest BCUT2D eigenvalue weighted by Crippen LogP contribution is 2.31. The van der Waals surface area contributed by atoms with Crippen LogP contribution in [-0.2, 0) is 11.3 Å². The van der Waals surface area contributed by atoms with Gasteiger partial charge in [0.25, 0.3) is 0 Å². The zero-order valence-corrected chi connectivity index (χ0v) is 10.0. The molecule has 0 aromatic heterocycles. The summed E-state index contributed by atoms with van der Waals surface area (Å²) in [5.41, 5.74) is 1.23. The highest BCUT2D eigenvalue weighted by molar-refractivity contribution is 5.85. The summed E-state index contributed by atoms with van der Waals surface area (Å²) in [6.45, 7) is 5.00. The molecule has 2 nitrogen and oxygen atoms in total. The van der Waals surface area contributed by atoms with Crippen molar-refractivity contribution in [3.05, 3.63) is 35.9 Å². The largest absolute Gasteiger partial charge is 0.334 e. The number of benzene rings is 1. The minimum Gasteiger partial charge on any atom is -0.334 e. The predicted octanol–water partition coefficient (Wildman–Crippen LogP) is 2.83. The fourth-order valence-corrected chi connectivity index (χ4v) is 2.45. The van der Waals surface area contributed by atoms with E-state index in [9.17, 15) is 4.79 Å². The first-order chi connectivity index (χ1) is 7.74. The van der Waals surface area contributed by atoms with Gasteiger partial charge in [0.2, 0.25) is 5.91 Å². The van der Waals surface area contributed by atoms with Crippen LogP contribution in [-0.4, -0.2) is 16.8 Å². The van der Waals surface area contributed by atoms with Gasteiger partial charge in [-0.1, -0.05) is 50.6 Å². The Hall–Kier alpha value is -1.31. The van der Waals surface area contributed by atoms with Crippen LogP contribution >= 0.6 is 0 Å². The quantitative estimate of drug-likeness (QED) is 0.710. The standard InChI is InChI=1S/C14H19NO/c1-3-7-13-11(2)14(16)15(13)10-12-8-5-4-6-9-12/h4-6,8-9,11,13H,3,7,10H2,1-2H3/t11-,13+/m0/s1. The lowest BCUT2D eigenvalue weighted by atomic mass is 9.85. The van der Waals surface area contributed by atoms with Gasteiger partial charge in [-0.15, -0.1) is 0 Å². The molecule has 0 saturated carbocycles. The maximum absolute atomic E-state index is 11.8. The van der Waals surface area contributed by atoms with Crippen LogP contribution in [0.15, 0.2) is 30.3 Å². The summed E-state index contributed by atoms with van der Waals surface area (Å²) in [5.74, 6) is 0.533. The van der Waals surface area contributed by atoms with Crippen molar-refractivity contribution in [2.75, 3.05) is 0 Å². The third kappa shape index (κ3) is 1.97. The minimum atomic E-state index is 0.226. The number of nitrogens with zero attached hydrogens (tertiary/aromatic N) is 1. The van der Waals surface area contributed by atoms with Gasteiger partial charge in [-0.3, -0.25) is 4.79 Å². The van der Waals surface area contributed by atoms with Gasteiger partial charge in [0.05, 0.1) is 5.92 Å². The van der Waals surface area contributed by atoms with Gasteiger partial charge in [0.1, 0.15) is 0 Å². The molecule has 1 aromatic rings. The summed E-state index contributed by atoms with van der Waals surface area (Å²) in [6.07, 6.45) is 2.27. The number of carbonyl (C=O) groups excluding carboxylic acids is 1. The number of likely N-dealkylation sites (tertiary alicyclic amines) is 1. The first kappa shape index (κ1) is 11.2. The lowest BCUT2D eigenvalue weighted by Gasteiger charge is -2.46. The van der Waals surface area contributed by atoms with Crippen LogP contribution < -0.4 is 0 Å². The van der Waals surface area contributed by atoms with Gasteiger partial charge in [0, 0.05) is 12.6 Å². The Morgan fingerprint density at radius 1 is 1.25 bits per heavy atom. The van der Waals surface area contributed by atoms with Gasteiger partial charge in [-0.25, -0.2) is 0 Å². The fourth-order valence-electron chi connectivity index (χ4n) is 2.45.